The summed E-state index contributed by atoms with van der Waals surface area (Å²) in [6.07, 6.45) is 0. The van der Waals surface area contributed by atoms with Gasteiger partial charge in [-0.15, -0.1) is 0 Å². The Morgan fingerprint density at radius 2 is 0.125 bits per heavy atom. The summed E-state index contributed by atoms with van der Waals surface area (Å²) in [5.41, 5.74) is 0. The fraction of sp³-hybridized carbons (Fsp3) is 0. The number of halogens is 24. The Balaban J connectivity index is -0.0000000343. The summed E-state index contributed by atoms with van der Waals surface area (Å²) in [5.74, 6) is 0. The van der Waals surface area contributed by atoms with Crippen molar-refractivity contribution < 1.29 is 122 Å². The van der Waals surface area contributed by atoms with Crippen LogP contribution in [0.25, 0.3) is 0 Å². The molecule has 0 atom stereocenters. The molecule has 32 heavy (non-hydrogen) atoms. The number of hydrogen-bond acceptors (Lipinski definition) is 0. The van der Waals surface area contributed by atoms with Crippen molar-refractivity contribution in [2.45, 2.75) is 0 Å². The molecule has 0 N–H and O–H groups in total. The Labute approximate surface area is 331 Å². The van der Waals surface area contributed by atoms with E-state index >= 15 is 0 Å². The van der Waals surface area contributed by atoms with E-state index in [0.29, 0.717) is 0 Å². The van der Waals surface area contributed by atoms with Gasteiger partial charge in [0.05, 0.1) is 0 Å². The first-order chi connectivity index (χ1) is 13.9. The quantitative estimate of drug-likeness (QED) is 0.212. The van der Waals surface area contributed by atoms with Crippen molar-refractivity contribution >= 4 is 221 Å². The SMILES string of the molecule is [Cl][Nb]([Cl])[Cl].[Cl][Nb]([Cl])[Cl].[Cl][Nb]([Cl])[Cl].[Cl][Nb]([Cl])[Cl].[Cl][Nb]([Cl])[Cl].[Cl][Nb]([Cl])[Cl].[Cl][Nb]([Cl])[Cl].[Cl][Nb]([Cl])[Cl]. The molecule has 0 aromatic heterocycles. The fourth-order valence-electron chi connectivity index (χ4n) is 0. The molecule has 0 nitrogen and oxygen atoms in total. The van der Waals surface area contributed by atoms with Crippen LogP contribution in [0.1, 0.15) is 0 Å². The zero-order valence-corrected chi connectivity index (χ0v) is 48.4. The summed E-state index contributed by atoms with van der Waals surface area (Å²) in [5, 5.41) is 0. The molecule has 0 saturated heterocycles. The van der Waals surface area contributed by atoms with Crippen molar-refractivity contribution in [1.29, 1.82) is 0 Å². The van der Waals surface area contributed by atoms with Gasteiger partial charge in [-0.3, -0.25) is 0 Å². The standard InChI is InChI=1S/24ClH.8Nb/h24*1H;;;;;;;;/q;;;;;;;;;;;;;;;;;;;;;;;;8*+3/p-24. The van der Waals surface area contributed by atoms with Crippen LogP contribution in [0.4, 0.5) is 0 Å². The molecule has 0 amide bonds. The topological polar surface area (TPSA) is 0 Å². The van der Waals surface area contributed by atoms with Crippen molar-refractivity contribution in [2.75, 3.05) is 0 Å². The third-order valence-corrected chi connectivity index (χ3v) is 0. The summed E-state index contributed by atoms with van der Waals surface area (Å²) in [4.78, 5) is 0. The Hall–Kier alpha value is 12.9. The summed E-state index contributed by atoms with van der Waals surface area (Å²) in [6, 6.07) is 0. The third kappa shape index (κ3) is 453. The average molecular weight is 1590 g/mol. The Morgan fingerprint density at radius 3 is 0.125 bits per heavy atom. The van der Waals surface area contributed by atoms with Crippen LogP contribution in [-0.2, 0) is 122 Å². The van der Waals surface area contributed by atoms with Gasteiger partial charge in [-0.25, -0.2) is 0 Å². The summed E-state index contributed by atoms with van der Waals surface area (Å²) >= 11 is -16.3. The van der Waals surface area contributed by atoms with Crippen LogP contribution in [0.2, 0.25) is 0 Å². The van der Waals surface area contributed by atoms with E-state index in [9.17, 15) is 0 Å². The average Bonchev–Trinajstić information content (AvgIpc) is 2.30. The van der Waals surface area contributed by atoms with Crippen molar-refractivity contribution in [3.05, 3.63) is 0 Å². The number of hydrogen-bond donors (Lipinski definition) is 0. The molecule has 0 rings (SSSR count). The first-order valence-electron chi connectivity index (χ1n) is 4.06. The maximum absolute atomic E-state index is 4.99. The van der Waals surface area contributed by atoms with Crippen LogP contribution in [-0.4, -0.2) is 0 Å². The third-order valence-electron chi connectivity index (χ3n) is 0. The molecule has 0 aliphatic carbocycles. The first-order valence-corrected chi connectivity index (χ1v) is 72.0. The minimum absolute atomic E-state index is 2.03. The monoisotopic (exact) mass is 1580 g/mol. The second kappa shape index (κ2) is 59.3. The molecule has 0 aromatic carbocycles. The fourth-order valence-corrected chi connectivity index (χ4v) is 0. The molecular formula is Cl24Nb8. The first kappa shape index (κ1) is 63.5. The summed E-state index contributed by atoms with van der Waals surface area (Å²) in [7, 11) is 120. The molecule has 0 unspecified atom stereocenters. The van der Waals surface area contributed by atoms with Gasteiger partial charge in [-0.1, -0.05) is 0 Å². The molecule has 0 spiro atoms. The van der Waals surface area contributed by atoms with E-state index < -0.39 is 122 Å². The molecule has 0 aliphatic rings. The molecule has 0 bridgehead atoms. The van der Waals surface area contributed by atoms with Gasteiger partial charge >= 0.3 is 342 Å². The molecule has 208 valence electrons. The van der Waals surface area contributed by atoms with Crippen LogP contribution in [0.5, 0.6) is 0 Å². The van der Waals surface area contributed by atoms with Gasteiger partial charge in [-0.2, -0.15) is 0 Å². The van der Waals surface area contributed by atoms with Crippen LogP contribution >= 0.6 is 221 Å². The van der Waals surface area contributed by atoms with E-state index in [4.69, 9.17) is 221 Å². The second-order valence-electron chi connectivity index (χ2n) is 1.53. The molecule has 0 radical (unpaired) electrons. The van der Waals surface area contributed by atoms with Crippen LogP contribution < -0.4 is 0 Å². The molecule has 0 fully saturated rings. The Kier molecular flexibility index (Phi) is 118. The molecule has 32 heteroatoms. The van der Waals surface area contributed by atoms with Gasteiger partial charge in [0, 0.05) is 0 Å². The van der Waals surface area contributed by atoms with E-state index in [0.717, 1.165) is 0 Å². The van der Waals surface area contributed by atoms with Gasteiger partial charge < -0.3 is 0 Å². The van der Waals surface area contributed by atoms with E-state index in [2.05, 4.69) is 0 Å². The molecular weight excluding hydrogens is 1590 g/mol. The van der Waals surface area contributed by atoms with Crippen LogP contribution in [0, 0.1) is 0 Å². The normalized spacial score (nSPS) is 9.00. The van der Waals surface area contributed by atoms with Crippen LogP contribution in [0.3, 0.4) is 0 Å². The van der Waals surface area contributed by atoms with E-state index in [1.54, 1.807) is 0 Å². The summed E-state index contributed by atoms with van der Waals surface area (Å²) in [6.45, 7) is 0. The van der Waals surface area contributed by atoms with Gasteiger partial charge in [0.25, 0.3) is 0 Å². The Morgan fingerprint density at radius 1 is 0.125 bits per heavy atom. The van der Waals surface area contributed by atoms with Gasteiger partial charge in [0.15, 0.2) is 0 Å². The maximum atomic E-state index is 4.99. The van der Waals surface area contributed by atoms with Crippen molar-refractivity contribution in [3.8, 4) is 0 Å². The predicted octanol–water partition coefficient (Wildman–Crippen LogP) is 16.5. The van der Waals surface area contributed by atoms with E-state index in [1.165, 1.54) is 0 Å². The van der Waals surface area contributed by atoms with Gasteiger partial charge in [0.2, 0.25) is 0 Å². The number of rotatable bonds is 0. The van der Waals surface area contributed by atoms with E-state index in [-0.39, 0.29) is 0 Å². The van der Waals surface area contributed by atoms with Crippen LogP contribution in [0.15, 0.2) is 0 Å². The predicted molar refractivity (Wildman–Crippen MR) is 140 cm³/mol. The van der Waals surface area contributed by atoms with Crippen molar-refractivity contribution in [1.82, 2.24) is 0 Å². The van der Waals surface area contributed by atoms with Gasteiger partial charge in [0.1, 0.15) is 0 Å². The zero-order valence-electron chi connectivity index (χ0n) is 12.6. The molecule has 0 heterocycles. The van der Waals surface area contributed by atoms with Gasteiger partial charge in [-0.05, 0) is 0 Å². The second-order valence-corrected chi connectivity index (χ2v) is 81.6. The van der Waals surface area contributed by atoms with Crippen molar-refractivity contribution in [3.63, 3.8) is 0 Å². The molecule has 0 aliphatic heterocycles. The minimum atomic E-state index is -2.03. The Bertz CT molecular complexity index is 136. The molecule has 0 aromatic rings. The zero-order chi connectivity index (χ0) is 28.6. The van der Waals surface area contributed by atoms with Crippen molar-refractivity contribution in [2.24, 2.45) is 0 Å². The summed E-state index contributed by atoms with van der Waals surface area (Å²) < 4.78 is 0. The van der Waals surface area contributed by atoms with E-state index in [1.807, 2.05) is 0 Å². The molecule has 0 saturated carbocycles.